The van der Waals surface area contributed by atoms with Gasteiger partial charge in [0.05, 0.1) is 0 Å². The molecular formula is C22H25ClN4O. The molecule has 2 amide bonds. The predicted octanol–water partition coefficient (Wildman–Crippen LogP) is 3.89. The highest BCUT2D eigenvalue weighted by atomic mass is 35.5. The molecule has 1 aromatic heterocycles. The maximum Gasteiger partial charge on any atom is 0.317 e. The Kier molecular flexibility index (Phi) is 5.84. The topological polar surface area (TPSA) is 51.4 Å². The van der Waals surface area contributed by atoms with Gasteiger partial charge in [0.25, 0.3) is 0 Å². The van der Waals surface area contributed by atoms with Gasteiger partial charge in [-0.15, -0.1) is 0 Å². The van der Waals surface area contributed by atoms with Crippen molar-refractivity contribution in [2.75, 3.05) is 32.7 Å². The minimum atomic E-state index is 0.0252. The first-order valence-electron chi connectivity index (χ1n) is 9.74. The highest BCUT2D eigenvalue weighted by Crippen LogP contribution is 2.19. The summed E-state index contributed by atoms with van der Waals surface area (Å²) in [5.74, 6) is 0. The van der Waals surface area contributed by atoms with Crippen molar-refractivity contribution < 1.29 is 4.79 Å². The van der Waals surface area contributed by atoms with E-state index in [1.54, 1.807) is 0 Å². The molecule has 2 aromatic carbocycles. The van der Waals surface area contributed by atoms with Gasteiger partial charge < -0.3 is 15.2 Å². The van der Waals surface area contributed by atoms with E-state index in [0.29, 0.717) is 6.54 Å². The minimum absolute atomic E-state index is 0.0252. The van der Waals surface area contributed by atoms with E-state index < -0.39 is 0 Å². The van der Waals surface area contributed by atoms with Gasteiger partial charge in [0, 0.05) is 61.4 Å². The van der Waals surface area contributed by atoms with Crippen LogP contribution in [0.5, 0.6) is 0 Å². The number of para-hydroxylation sites is 1. The van der Waals surface area contributed by atoms with Crippen molar-refractivity contribution in [1.29, 1.82) is 0 Å². The summed E-state index contributed by atoms with van der Waals surface area (Å²) in [5, 5.41) is 5.09. The average molecular weight is 397 g/mol. The van der Waals surface area contributed by atoms with Crippen LogP contribution in [0.1, 0.15) is 11.1 Å². The number of hydrogen-bond donors (Lipinski definition) is 2. The molecule has 6 heteroatoms. The van der Waals surface area contributed by atoms with E-state index in [2.05, 4.69) is 33.4 Å². The highest BCUT2D eigenvalue weighted by Gasteiger charge is 2.21. The molecule has 28 heavy (non-hydrogen) atoms. The van der Waals surface area contributed by atoms with E-state index in [1.807, 2.05) is 41.4 Å². The number of halogens is 1. The van der Waals surface area contributed by atoms with E-state index in [9.17, 15) is 4.79 Å². The van der Waals surface area contributed by atoms with Crippen molar-refractivity contribution >= 4 is 28.5 Å². The van der Waals surface area contributed by atoms with Gasteiger partial charge in [-0.1, -0.05) is 48.0 Å². The number of benzene rings is 2. The Morgan fingerprint density at radius 1 is 1.00 bits per heavy atom. The minimum Gasteiger partial charge on any atom is -0.361 e. The van der Waals surface area contributed by atoms with Gasteiger partial charge in [0.1, 0.15) is 0 Å². The molecule has 1 aliphatic heterocycles. The number of aromatic amines is 1. The second-order valence-electron chi connectivity index (χ2n) is 7.20. The van der Waals surface area contributed by atoms with Gasteiger partial charge >= 0.3 is 6.03 Å². The lowest BCUT2D eigenvalue weighted by Gasteiger charge is -2.34. The zero-order chi connectivity index (χ0) is 19.3. The zero-order valence-corrected chi connectivity index (χ0v) is 16.6. The van der Waals surface area contributed by atoms with Crippen LogP contribution in [0, 0.1) is 0 Å². The number of fused-ring (bicyclic) bond motifs is 1. The quantitative estimate of drug-likeness (QED) is 0.687. The number of piperazine rings is 1. The maximum absolute atomic E-state index is 12.5. The molecule has 5 nitrogen and oxygen atoms in total. The smallest absolute Gasteiger partial charge is 0.317 e. The summed E-state index contributed by atoms with van der Waals surface area (Å²) in [4.78, 5) is 20.0. The second-order valence-corrected chi connectivity index (χ2v) is 7.60. The molecule has 0 radical (unpaired) electrons. The van der Waals surface area contributed by atoms with Crippen LogP contribution in [0.2, 0.25) is 5.02 Å². The Morgan fingerprint density at radius 3 is 2.57 bits per heavy atom. The first kappa shape index (κ1) is 18.8. The fourth-order valence-corrected chi connectivity index (χ4v) is 3.93. The maximum atomic E-state index is 12.5. The van der Waals surface area contributed by atoms with Crippen molar-refractivity contribution in [3.63, 3.8) is 0 Å². The van der Waals surface area contributed by atoms with Crippen molar-refractivity contribution in [3.05, 3.63) is 70.9 Å². The lowest BCUT2D eigenvalue weighted by atomic mass is 10.1. The number of carbonyl (C=O) groups excluding carboxylic acids is 1. The van der Waals surface area contributed by atoms with E-state index in [1.165, 1.54) is 10.9 Å². The van der Waals surface area contributed by atoms with Gasteiger partial charge in [-0.3, -0.25) is 4.90 Å². The molecule has 0 unspecified atom stereocenters. The van der Waals surface area contributed by atoms with E-state index in [-0.39, 0.29) is 6.03 Å². The standard InChI is InChI=1S/C22H25ClN4O/c23-20-7-3-1-5-18(20)16-26-11-13-27(14-12-26)22(28)24-10-9-17-15-25-21-8-4-2-6-19(17)21/h1-8,15,25H,9-14,16H2,(H,24,28). The third-order valence-corrected chi connectivity index (χ3v) is 5.73. The van der Waals surface area contributed by atoms with Crippen LogP contribution in [-0.2, 0) is 13.0 Å². The number of nitrogens with zero attached hydrogens (tertiary/aromatic N) is 2. The number of aromatic nitrogens is 1. The van der Waals surface area contributed by atoms with Crippen molar-refractivity contribution in [1.82, 2.24) is 20.1 Å². The van der Waals surface area contributed by atoms with Gasteiger partial charge in [0.2, 0.25) is 0 Å². The summed E-state index contributed by atoms with van der Waals surface area (Å²) in [6.07, 6.45) is 2.85. The number of rotatable bonds is 5. The van der Waals surface area contributed by atoms with Crippen LogP contribution in [-0.4, -0.2) is 53.5 Å². The molecule has 1 fully saturated rings. The lowest BCUT2D eigenvalue weighted by Crippen LogP contribution is -2.51. The molecule has 0 bridgehead atoms. The molecular weight excluding hydrogens is 372 g/mol. The summed E-state index contributed by atoms with van der Waals surface area (Å²) in [6, 6.07) is 16.2. The zero-order valence-electron chi connectivity index (χ0n) is 15.8. The first-order chi connectivity index (χ1) is 13.7. The van der Waals surface area contributed by atoms with Crippen LogP contribution >= 0.6 is 11.6 Å². The summed E-state index contributed by atoms with van der Waals surface area (Å²) in [6.45, 7) is 4.67. The Balaban J connectivity index is 1.22. The second kappa shape index (κ2) is 8.67. The SMILES string of the molecule is O=C(NCCc1c[nH]c2ccccc12)N1CCN(Cc2ccccc2Cl)CC1. The highest BCUT2D eigenvalue weighted by molar-refractivity contribution is 6.31. The lowest BCUT2D eigenvalue weighted by molar-refractivity contribution is 0.135. The van der Waals surface area contributed by atoms with Gasteiger partial charge in [-0.25, -0.2) is 4.79 Å². The van der Waals surface area contributed by atoms with E-state index >= 15 is 0 Å². The Morgan fingerprint density at radius 2 is 1.75 bits per heavy atom. The molecule has 2 heterocycles. The summed E-state index contributed by atoms with van der Waals surface area (Å²) < 4.78 is 0. The molecule has 2 N–H and O–H groups in total. The number of H-pyrrole nitrogens is 1. The predicted molar refractivity (Wildman–Crippen MR) is 114 cm³/mol. The fourth-order valence-electron chi connectivity index (χ4n) is 3.73. The van der Waals surface area contributed by atoms with Crippen LogP contribution < -0.4 is 5.32 Å². The monoisotopic (exact) mass is 396 g/mol. The molecule has 0 aliphatic carbocycles. The third kappa shape index (κ3) is 4.32. The average Bonchev–Trinajstić information content (AvgIpc) is 3.13. The molecule has 0 atom stereocenters. The molecule has 146 valence electrons. The summed E-state index contributed by atoms with van der Waals surface area (Å²) >= 11 is 6.26. The summed E-state index contributed by atoms with van der Waals surface area (Å²) in [7, 11) is 0. The van der Waals surface area contributed by atoms with Gasteiger partial charge in [0.15, 0.2) is 0 Å². The molecule has 1 aliphatic rings. The van der Waals surface area contributed by atoms with Gasteiger partial charge in [-0.2, -0.15) is 0 Å². The fraction of sp³-hybridized carbons (Fsp3) is 0.318. The Bertz CT molecular complexity index is 946. The van der Waals surface area contributed by atoms with Gasteiger partial charge in [-0.05, 0) is 29.7 Å². The Labute approximate surface area is 170 Å². The normalized spacial score (nSPS) is 15.1. The van der Waals surface area contributed by atoms with Crippen LogP contribution in [0.15, 0.2) is 54.7 Å². The van der Waals surface area contributed by atoms with Crippen molar-refractivity contribution in [2.45, 2.75) is 13.0 Å². The summed E-state index contributed by atoms with van der Waals surface area (Å²) in [5.41, 5.74) is 3.51. The van der Waals surface area contributed by atoms with E-state index in [0.717, 1.165) is 55.2 Å². The molecule has 1 saturated heterocycles. The number of nitrogens with one attached hydrogen (secondary N) is 2. The van der Waals surface area contributed by atoms with Crippen LogP contribution in [0.25, 0.3) is 10.9 Å². The number of carbonyl (C=O) groups is 1. The number of amides is 2. The number of urea groups is 1. The molecule has 4 rings (SSSR count). The third-order valence-electron chi connectivity index (χ3n) is 5.36. The first-order valence-corrected chi connectivity index (χ1v) is 10.1. The molecule has 3 aromatic rings. The van der Waals surface area contributed by atoms with Crippen LogP contribution in [0.3, 0.4) is 0 Å². The van der Waals surface area contributed by atoms with Crippen molar-refractivity contribution in [2.24, 2.45) is 0 Å². The molecule has 0 spiro atoms. The van der Waals surface area contributed by atoms with Crippen molar-refractivity contribution in [3.8, 4) is 0 Å². The van der Waals surface area contributed by atoms with E-state index in [4.69, 9.17) is 11.6 Å². The largest absolute Gasteiger partial charge is 0.361 e. The Hall–Kier alpha value is -2.50. The number of hydrogen-bond acceptors (Lipinski definition) is 2. The van der Waals surface area contributed by atoms with Crippen LogP contribution in [0.4, 0.5) is 4.79 Å². The molecule has 0 saturated carbocycles.